The molecule has 0 fully saturated rings. The number of imidazole rings is 1. The molecule has 1 aliphatic rings. The molecule has 2 heterocycles. The van der Waals surface area contributed by atoms with E-state index in [1.807, 2.05) is 18.2 Å². The van der Waals surface area contributed by atoms with E-state index >= 15 is 0 Å². The van der Waals surface area contributed by atoms with Crippen LogP contribution in [-0.2, 0) is 17.6 Å². The number of alkyl halides is 3. The monoisotopic (exact) mass is 375 g/mol. The number of aromatic nitrogens is 2. The zero-order valence-corrected chi connectivity index (χ0v) is 14.4. The third-order valence-electron chi connectivity index (χ3n) is 4.45. The molecule has 140 valence electrons. The van der Waals surface area contributed by atoms with E-state index in [4.69, 9.17) is 9.57 Å². The van der Waals surface area contributed by atoms with Gasteiger partial charge in [-0.25, -0.2) is 4.98 Å². The molecule has 0 amide bonds. The molecule has 2 aromatic carbocycles. The minimum absolute atomic E-state index is 0.00247. The standard InChI is InChI=1S/C19H16F3N3O2/c1-26-17-9-5-2-6-13(17)15-10-12(27-24-15)11-25-16-8-4-3-7-14(16)23-18(25)19(20,21)22/h2-9,12H,10-11H2,1H3/t12-/m1/s1. The highest BCUT2D eigenvalue weighted by Crippen LogP contribution is 2.33. The van der Waals surface area contributed by atoms with Gasteiger partial charge in [-0.15, -0.1) is 0 Å². The first-order chi connectivity index (χ1) is 13.0. The maximum atomic E-state index is 13.4. The molecule has 4 rings (SSSR count). The number of ether oxygens (including phenoxy) is 1. The van der Waals surface area contributed by atoms with Gasteiger partial charge in [0.05, 0.1) is 30.4 Å². The van der Waals surface area contributed by atoms with Crippen LogP contribution in [-0.4, -0.2) is 28.5 Å². The fraction of sp³-hybridized carbons (Fsp3) is 0.263. The van der Waals surface area contributed by atoms with E-state index in [0.717, 1.165) is 10.1 Å². The van der Waals surface area contributed by atoms with Gasteiger partial charge < -0.3 is 14.1 Å². The second-order valence-corrected chi connectivity index (χ2v) is 6.20. The van der Waals surface area contributed by atoms with E-state index < -0.39 is 18.1 Å². The summed E-state index contributed by atoms with van der Waals surface area (Å²) in [7, 11) is 1.56. The number of rotatable bonds is 4. The van der Waals surface area contributed by atoms with E-state index in [2.05, 4.69) is 10.1 Å². The molecule has 0 N–H and O–H groups in total. The second kappa shape index (κ2) is 6.61. The van der Waals surface area contributed by atoms with Crippen molar-refractivity contribution >= 4 is 16.7 Å². The van der Waals surface area contributed by atoms with Crippen LogP contribution in [0, 0.1) is 0 Å². The first-order valence-electron chi connectivity index (χ1n) is 8.36. The molecule has 8 heteroatoms. The van der Waals surface area contributed by atoms with Gasteiger partial charge in [-0.05, 0) is 24.3 Å². The lowest BCUT2D eigenvalue weighted by Gasteiger charge is -2.14. The lowest BCUT2D eigenvalue weighted by molar-refractivity contribution is -0.147. The summed E-state index contributed by atoms with van der Waals surface area (Å²) in [4.78, 5) is 9.18. The van der Waals surface area contributed by atoms with Crippen LogP contribution in [0.2, 0.25) is 0 Å². The quantitative estimate of drug-likeness (QED) is 0.685. The maximum absolute atomic E-state index is 13.4. The summed E-state index contributed by atoms with van der Waals surface area (Å²) >= 11 is 0. The number of fused-ring (bicyclic) bond motifs is 1. The molecule has 27 heavy (non-hydrogen) atoms. The van der Waals surface area contributed by atoms with Crippen LogP contribution in [0.5, 0.6) is 5.75 Å². The number of hydrogen-bond donors (Lipinski definition) is 0. The van der Waals surface area contributed by atoms with Crippen molar-refractivity contribution in [2.45, 2.75) is 25.2 Å². The minimum Gasteiger partial charge on any atom is -0.496 e. The van der Waals surface area contributed by atoms with Crippen LogP contribution in [0.3, 0.4) is 0 Å². The van der Waals surface area contributed by atoms with Crippen LogP contribution < -0.4 is 4.74 Å². The Kier molecular flexibility index (Phi) is 4.25. The Balaban J connectivity index is 1.61. The van der Waals surface area contributed by atoms with Crippen molar-refractivity contribution in [3.63, 3.8) is 0 Å². The number of halogens is 3. The molecule has 0 aliphatic carbocycles. The first kappa shape index (κ1) is 17.4. The molecule has 1 atom stereocenters. The van der Waals surface area contributed by atoms with Gasteiger partial charge in [0.1, 0.15) is 5.75 Å². The zero-order chi connectivity index (χ0) is 19.0. The van der Waals surface area contributed by atoms with Gasteiger partial charge in [0, 0.05) is 12.0 Å². The molecule has 1 aromatic heterocycles. The third-order valence-corrected chi connectivity index (χ3v) is 4.45. The van der Waals surface area contributed by atoms with Gasteiger partial charge in [0.15, 0.2) is 6.10 Å². The van der Waals surface area contributed by atoms with Crippen LogP contribution in [0.4, 0.5) is 13.2 Å². The van der Waals surface area contributed by atoms with E-state index in [1.165, 1.54) is 0 Å². The second-order valence-electron chi connectivity index (χ2n) is 6.20. The Morgan fingerprint density at radius 2 is 1.89 bits per heavy atom. The Labute approximate surface area is 153 Å². The fourth-order valence-corrected chi connectivity index (χ4v) is 3.25. The molecule has 0 saturated carbocycles. The summed E-state index contributed by atoms with van der Waals surface area (Å²) in [5.74, 6) is -0.289. The molecule has 0 spiro atoms. The van der Waals surface area contributed by atoms with E-state index in [9.17, 15) is 13.2 Å². The van der Waals surface area contributed by atoms with Gasteiger partial charge in [-0.2, -0.15) is 13.2 Å². The number of benzene rings is 2. The molecular formula is C19H16F3N3O2. The summed E-state index contributed by atoms with van der Waals surface area (Å²) in [5, 5.41) is 4.07. The lowest BCUT2D eigenvalue weighted by atomic mass is 10.0. The van der Waals surface area contributed by atoms with Crippen molar-refractivity contribution < 1.29 is 22.7 Å². The van der Waals surface area contributed by atoms with Gasteiger partial charge >= 0.3 is 6.18 Å². The van der Waals surface area contributed by atoms with Crippen LogP contribution in [0.15, 0.2) is 53.7 Å². The summed E-state index contributed by atoms with van der Waals surface area (Å²) in [6.07, 6.45) is -4.70. The number of nitrogens with zero attached hydrogens (tertiary/aromatic N) is 3. The summed E-state index contributed by atoms with van der Waals surface area (Å²) in [5.41, 5.74) is 2.14. The van der Waals surface area contributed by atoms with Crippen molar-refractivity contribution in [1.29, 1.82) is 0 Å². The molecule has 0 radical (unpaired) electrons. The lowest BCUT2D eigenvalue weighted by Crippen LogP contribution is -2.22. The number of hydrogen-bond acceptors (Lipinski definition) is 4. The van der Waals surface area contributed by atoms with Gasteiger partial charge in [0.25, 0.3) is 0 Å². The highest BCUT2D eigenvalue weighted by Gasteiger charge is 2.38. The SMILES string of the molecule is COc1ccccc1C1=NO[C@@H](Cn2c(C(F)(F)F)nc3ccccc32)C1. The van der Waals surface area contributed by atoms with Crippen molar-refractivity contribution in [1.82, 2.24) is 9.55 Å². The smallest absolute Gasteiger partial charge is 0.449 e. The average Bonchev–Trinajstić information content (AvgIpc) is 3.27. The molecule has 0 saturated heterocycles. The van der Waals surface area contributed by atoms with Crippen molar-refractivity contribution in [2.75, 3.05) is 7.11 Å². The van der Waals surface area contributed by atoms with Gasteiger partial charge in [-0.3, -0.25) is 0 Å². The predicted octanol–water partition coefficient (Wildman–Crippen LogP) is 4.26. The van der Waals surface area contributed by atoms with Crippen LogP contribution in [0.1, 0.15) is 17.8 Å². The number of para-hydroxylation sites is 3. The molecule has 3 aromatic rings. The minimum atomic E-state index is -4.55. The summed E-state index contributed by atoms with van der Waals surface area (Å²) < 4.78 is 46.8. The summed E-state index contributed by atoms with van der Waals surface area (Å²) in [6, 6.07) is 13.9. The highest BCUT2D eigenvalue weighted by atomic mass is 19.4. The van der Waals surface area contributed by atoms with Crippen molar-refractivity contribution in [3.8, 4) is 5.75 Å². The van der Waals surface area contributed by atoms with Gasteiger partial charge in [-0.1, -0.05) is 29.4 Å². The molecule has 0 bridgehead atoms. The number of methoxy groups -OCH3 is 1. The Morgan fingerprint density at radius 1 is 1.15 bits per heavy atom. The predicted molar refractivity (Wildman–Crippen MR) is 93.8 cm³/mol. The Bertz CT molecular complexity index is 1010. The Hall–Kier alpha value is -3.03. The van der Waals surface area contributed by atoms with Gasteiger partial charge in [0.2, 0.25) is 5.82 Å². The zero-order valence-electron chi connectivity index (χ0n) is 14.4. The molecular weight excluding hydrogens is 359 g/mol. The number of oxime groups is 1. The van der Waals surface area contributed by atoms with Crippen LogP contribution >= 0.6 is 0 Å². The van der Waals surface area contributed by atoms with E-state index in [-0.39, 0.29) is 6.54 Å². The normalized spacial score (nSPS) is 17.0. The maximum Gasteiger partial charge on any atom is 0.449 e. The molecule has 0 unspecified atom stereocenters. The average molecular weight is 375 g/mol. The van der Waals surface area contributed by atoms with Crippen molar-refractivity contribution in [3.05, 3.63) is 59.9 Å². The first-order valence-corrected chi connectivity index (χ1v) is 8.36. The van der Waals surface area contributed by atoms with Crippen LogP contribution in [0.25, 0.3) is 11.0 Å². The van der Waals surface area contributed by atoms with E-state index in [0.29, 0.717) is 28.9 Å². The highest BCUT2D eigenvalue weighted by molar-refractivity contribution is 6.03. The molecule has 5 nitrogen and oxygen atoms in total. The third kappa shape index (κ3) is 3.22. The largest absolute Gasteiger partial charge is 0.496 e. The summed E-state index contributed by atoms with van der Waals surface area (Å²) in [6.45, 7) is -0.00247. The molecule has 1 aliphatic heterocycles. The van der Waals surface area contributed by atoms with Crippen molar-refractivity contribution in [2.24, 2.45) is 5.16 Å². The van der Waals surface area contributed by atoms with E-state index in [1.54, 1.807) is 37.4 Å². The fourth-order valence-electron chi connectivity index (χ4n) is 3.25. The topological polar surface area (TPSA) is 48.6 Å². The Morgan fingerprint density at radius 3 is 2.67 bits per heavy atom.